The molecule has 5 atom stereocenters. The Hall–Kier alpha value is -2.79. The lowest BCUT2D eigenvalue weighted by atomic mass is 10.1. The first-order valence-electron chi connectivity index (χ1n) is 16.1. The summed E-state index contributed by atoms with van der Waals surface area (Å²) < 4.78 is 30.8. The summed E-state index contributed by atoms with van der Waals surface area (Å²) in [7, 11) is -4.09. The lowest BCUT2D eigenvalue weighted by Gasteiger charge is -2.42. The quantitative estimate of drug-likeness (QED) is 0.108. The van der Waals surface area contributed by atoms with Crippen molar-refractivity contribution in [3.8, 4) is 6.07 Å². The molecule has 0 aliphatic carbocycles. The third-order valence-corrected chi connectivity index (χ3v) is 15.2. The van der Waals surface area contributed by atoms with Gasteiger partial charge in [0.25, 0.3) is 14.4 Å². The number of amides is 1. The number of fused-ring (bicyclic) bond motifs is 1. The second-order valence-corrected chi connectivity index (χ2v) is 19.9. The van der Waals surface area contributed by atoms with Crippen LogP contribution in [0.4, 0.5) is 5.82 Å². The number of aliphatic hydroxyl groups is 1. The maximum atomic E-state index is 13.0. The van der Waals surface area contributed by atoms with Gasteiger partial charge in [0.05, 0.1) is 31.1 Å². The lowest BCUT2D eigenvalue weighted by Crippen LogP contribution is -2.49. The van der Waals surface area contributed by atoms with Crippen LogP contribution >= 0.6 is 8.53 Å². The van der Waals surface area contributed by atoms with Gasteiger partial charge >= 0.3 is 0 Å². The molecule has 14 heteroatoms. The minimum atomic E-state index is -2.43. The molecule has 2 N–H and O–H groups in total. The fourth-order valence-corrected chi connectivity index (χ4v) is 8.35. The Labute approximate surface area is 280 Å². The zero-order chi connectivity index (χ0) is 34.5. The van der Waals surface area contributed by atoms with Crippen molar-refractivity contribution in [2.75, 3.05) is 18.5 Å². The fraction of sp³-hybridized carbons (Fsp3) is 0.576. The Morgan fingerprint density at radius 1 is 1.15 bits per heavy atom. The van der Waals surface area contributed by atoms with E-state index in [0.717, 1.165) is 0 Å². The molecule has 3 aromatic rings. The van der Waals surface area contributed by atoms with Gasteiger partial charge in [-0.3, -0.25) is 4.79 Å². The van der Waals surface area contributed by atoms with Crippen LogP contribution in [0.3, 0.4) is 0 Å². The number of aromatic nitrogens is 3. The molecule has 256 valence electrons. The summed E-state index contributed by atoms with van der Waals surface area (Å²) in [6.07, 6.45) is 0.649. The number of carbonyl (C=O) groups excluding carboxylic acids is 1. The number of nitrogens with one attached hydrogen (secondary N) is 1. The minimum absolute atomic E-state index is 0.0864. The highest BCUT2D eigenvalue weighted by Crippen LogP contribution is 2.52. The van der Waals surface area contributed by atoms with Crippen molar-refractivity contribution in [1.82, 2.24) is 19.2 Å². The van der Waals surface area contributed by atoms with Crippen molar-refractivity contribution in [2.24, 2.45) is 0 Å². The standard InChI is InChI=1S/C33H49N6O6PSi/c1-22(2)39(23(3)4)46(42-19-13-17-34)44-27-26(20-40)43-32(28(27)45-47(8,9)33(5,6)7)38-18-16-25-29(35-21-36-30(25)38)37-31(41)24-14-11-10-12-15-24/h10-12,14-16,18,21-23,26-28,32,40H,13,19-20H2,1-9H3,(H,35,36,37,41)/t26-,27-,28-,32-,46?/m1/s1. The molecule has 12 nitrogen and oxygen atoms in total. The normalized spacial score (nSPS) is 21.1. The zero-order valence-corrected chi connectivity index (χ0v) is 30.8. The van der Waals surface area contributed by atoms with E-state index >= 15 is 0 Å². The Kier molecular flexibility index (Phi) is 12.3. The van der Waals surface area contributed by atoms with Crippen LogP contribution in [0.1, 0.15) is 71.5 Å². The highest BCUT2D eigenvalue weighted by Gasteiger charge is 2.53. The van der Waals surface area contributed by atoms with Gasteiger partial charge in [-0.25, -0.2) is 14.6 Å². The largest absolute Gasteiger partial charge is 0.407 e. The van der Waals surface area contributed by atoms with E-state index in [1.807, 2.05) is 22.9 Å². The number of nitriles is 1. The molecule has 0 saturated carbocycles. The van der Waals surface area contributed by atoms with Crippen LogP contribution in [0.2, 0.25) is 18.1 Å². The highest BCUT2D eigenvalue weighted by atomic mass is 31.2. The van der Waals surface area contributed by atoms with E-state index in [1.165, 1.54) is 6.33 Å². The number of hydrogen-bond donors (Lipinski definition) is 2. The van der Waals surface area contributed by atoms with E-state index in [0.29, 0.717) is 22.4 Å². The highest BCUT2D eigenvalue weighted by molar-refractivity contribution is 7.44. The number of hydrogen-bond acceptors (Lipinski definition) is 10. The average Bonchev–Trinajstić information content (AvgIpc) is 3.58. The van der Waals surface area contributed by atoms with Crippen LogP contribution in [0, 0.1) is 11.3 Å². The Bertz CT molecular complexity index is 1520. The van der Waals surface area contributed by atoms with Gasteiger partial charge < -0.3 is 33.2 Å². The molecule has 0 spiro atoms. The van der Waals surface area contributed by atoms with Crippen molar-refractivity contribution in [1.29, 1.82) is 5.26 Å². The van der Waals surface area contributed by atoms with Crippen LogP contribution in [0.25, 0.3) is 11.0 Å². The van der Waals surface area contributed by atoms with Crippen molar-refractivity contribution < 1.29 is 28.1 Å². The molecule has 1 fully saturated rings. The third kappa shape index (κ3) is 8.44. The smallest absolute Gasteiger partial charge is 0.259 e. The molecule has 4 rings (SSSR count). The molecular weight excluding hydrogens is 635 g/mol. The number of nitrogens with zero attached hydrogens (tertiary/aromatic N) is 5. The second-order valence-electron chi connectivity index (χ2n) is 13.7. The molecule has 1 aromatic carbocycles. The van der Waals surface area contributed by atoms with Crippen molar-refractivity contribution in [3.05, 3.63) is 54.5 Å². The van der Waals surface area contributed by atoms with Crippen LogP contribution in [0.5, 0.6) is 0 Å². The van der Waals surface area contributed by atoms with E-state index in [9.17, 15) is 15.2 Å². The lowest BCUT2D eigenvalue weighted by molar-refractivity contribution is -0.0488. The molecule has 1 amide bonds. The number of ether oxygens (including phenoxy) is 1. The van der Waals surface area contributed by atoms with Crippen LogP contribution in [-0.4, -0.2) is 82.1 Å². The van der Waals surface area contributed by atoms with Gasteiger partial charge in [0, 0.05) is 23.8 Å². The monoisotopic (exact) mass is 684 g/mol. The SMILES string of the molecule is CC(C)N(C(C)C)P(OCCC#N)O[C@H]1[C@@H](O[Si](C)(C)C(C)(C)C)[C@H](n2ccc3c(NC(=O)c4ccccc4)ncnc32)O[C@@H]1CO. The number of benzene rings is 1. The molecular formula is C33H49N6O6PSi. The van der Waals surface area contributed by atoms with E-state index in [2.05, 4.69) is 87.6 Å². The van der Waals surface area contributed by atoms with Gasteiger partial charge in [0.1, 0.15) is 36.1 Å². The molecule has 47 heavy (non-hydrogen) atoms. The van der Waals surface area contributed by atoms with Crippen molar-refractivity contribution in [3.63, 3.8) is 0 Å². The number of rotatable bonds is 14. The summed E-state index contributed by atoms with van der Waals surface area (Å²) in [4.78, 5) is 22.0. The summed E-state index contributed by atoms with van der Waals surface area (Å²) in [6, 6.07) is 13.1. The van der Waals surface area contributed by atoms with Gasteiger partial charge in [-0.2, -0.15) is 5.26 Å². The molecule has 2 aromatic heterocycles. The van der Waals surface area contributed by atoms with Gasteiger partial charge in [-0.15, -0.1) is 0 Å². The molecule has 1 aliphatic heterocycles. The van der Waals surface area contributed by atoms with E-state index < -0.39 is 41.4 Å². The maximum Gasteiger partial charge on any atom is 0.259 e. The summed E-state index contributed by atoms with van der Waals surface area (Å²) in [6.45, 7) is 19.0. The topological polar surface area (TPSA) is 144 Å². The van der Waals surface area contributed by atoms with E-state index in [-0.39, 0.29) is 42.7 Å². The van der Waals surface area contributed by atoms with Crippen molar-refractivity contribution >= 4 is 39.6 Å². The molecule has 1 aliphatic rings. The first kappa shape index (κ1) is 37.0. The first-order valence-corrected chi connectivity index (χ1v) is 20.1. The molecule has 3 heterocycles. The Morgan fingerprint density at radius 2 is 1.83 bits per heavy atom. The minimum Gasteiger partial charge on any atom is -0.407 e. The van der Waals surface area contributed by atoms with Crippen molar-refractivity contribution in [2.45, 2.75) is 110 Å². The van der Waals surface area contributed by atoms with Crippen LogP contribution in [-0.2, 0) is 18.2 Å². The summed E-state index contributed by atoms with van der Waals surface area (Å²) in [5, 5.41) is 23.3. The van der Waals surface area contributed by atoms with E-state index in [4.69, 9.17) is 18.2 Å². The maximum absolute atomic E-state index is 13.0. The number of aliphatic hydroxyl groups excluding tert-OH is 1. The third-order valence-electron chi connectivity index (χ3n) is 8.63. The first-order chi connectivity index (χ1) is 22.2. The van der Waals surface area contributed by atoms with Gasteiger partial charge in [-0.05, 0) is 64.0 Å². The zero-order valence-electron chi connectivity index (χ0n) is 28.9. The van der Waals surface area contributed by atoms with Crippen LogP contribution in [0.15, 0.2) is 48.9 Å². The summed E-state index contributed by atoms with van der Waals surface area (Å²) >= 11 is 0. The van der Waals surface area contributed by atoms with Gasteiger partial charge in [0.2, 0.25) is 0 Å². The summed E-state index contributed by atoms with van der Waals surface area (Å²) in [5.74, 6) is 0.0842. The Morgan fingerprint density at radius 3 is 2.43 bits per heavy atom. The average molecular weight is 685 g/mol. The fourth-order valence-electron chi connectivity index (χ4n) is 5.29. The van der Waals surface area contributed by atoms with Crippen LogP contribution < -0.4 is 5.32 Å². The summed E-state index contributed by atoms with van der Waals surface area (Å²) in [5.41, 5.74) is 1.05. The predicted molar refractivity (Wildman–Crippen MR) is 185 cm³/mol. The van der Waals surface area contributed by atoms with Gasteiger partial charge in [-0.1, -0.05) is 39.0 Å². The molecule has 1 unspecified atom stereocenters. The molecule has 1 saturated heterocycles. The number of carbonyl (C=O) groups is 1. The molecule has 0 bridgehead atoms. The molecule has 0 radical (unpaired) electrons. The second kappa shape index (κ2) is 15.6. The van der Waals surface area contributed by atoms with Gasteiger partial charge in [0.15, 0.2) is 14.5 Å². The number of anilines is 1. The predicted octanol–water partition coefficient (Wildman–Crippen LogP) is 6.62. The van der Waals surface area contributed by atoms with E-state index in [1.54, 1.807) is 24.3 Å². The Balaban J connectivity index is 1.76.